The Balaban J connectivity index is 2.22. The smallest absolute Gasteiger partial charge is 0.356 e. The Labute approximate surface area is 135 Å². The average molecular weight is 306 g/mol. The molecule has 3 aromatic rings. The maximum atomic E-state index is 11.3. The molecule has 0 amide bonds. The van der Waals surface area contributed by atoms with Crippen molar-refractivity contribution in [3.8, 4) is 16.9 Å². The highest BCUT2D eigenvalue weighted by Crippen LogP contribution is 2.26. The van der Waals surface area contributed by atoms with Crippen molar-refractivity contribution in [2.24, 2.45) is 0 Å². The van der Waals surface area contributed by atoms with E-state index in [1.807, 2.05) is 50.2 Å². The lowest BCUT2D eigenvalue weighted by molar-refractivity contribution is 0.0690. The monoisotopic (exact) mass is 306 g/mol. The SMILES string of the molecule is Cc1cccc(-n2nc(C(=O)O)cc2-c2ccc(C)c(C)c2)c1. The average Bonchev–Trinajstić information content (AvgIpc) is 2.95. The molecular weight excluding hydrogens is 288 g/mol. The summed E-state index contributed by atoms with van der Waals surface area (Å²) >= 11 is 0. The summed E-state index contributed by atoms with van der Waals surface area (Å²) in [4.78, 5) is 11.3. The van der Waals surface area contributed by atoms with Gasteiger partial charge in [0.15, 0.2) is 5.69 Å². The van der Waals surface area contributed by atoms with Crippen LogP contribution >= 0.6 is 0 Å². The van der Waals surface area contributed by atoms with Gasteiger partial charge >= 0.3 is 5.97 Å². The summed E-state index contributed by atoms with van der Waals surface area (Å²) in [6.07, 6.45) is 0. The van der Waals surface area contributed by atoms with Crippen molar-refractivity contribution in [3.05, 3.63) is 70.9 Å². The summed E-state index contributed by atoms with van der Waals surface area (Å²) in [7, 11) is 0. The lowest BCUT2D eigenvalue weighted by atomic mass is 10.0. The Kier molecular flexibility index (Phi) is 3.74. The van der Waals surface area contributed by atoms with Crippen LogP contribution in [-0.2, 0) is 0 Å². The first kappa shape index (κ1) is 15.0. The molecule has 23 heavy (non-hydrogen) atoms. The van der Waals surface area contributed by atoms with Crippen LogP contribution in [0.2, 0.25) is 0 Å². The second-order valence-electron chi connectivity index (χ2n) is 5.77. The molecule has 0 aliphatic heterocycles. The zero-order chi connectivity index (χ0) is 16.6. The third kappa shape index (κ3) is 2.88. The van der Waals surface area contributed by atoms with Crippen molar-refractivity contribution in [2.45, 2.75) is 20.8 Å². The number of aryl methyl sites for hydroxylation is 3. The summed E-state index contributed by atoms with van der Waals surface area (Å²) in [5, 5.41) is 13.6. The van der Waals surface area contributed by atoms with Crippen LogP contribution in [0.1, 0.15) is 27.2 Å². The van der Waals surface area contributed by atoms with Crippen LogP contribution in [0.5, 0.6) is 0 Å². The van der Waals surface area contributed by atoms with Crippen molar-refractivity contribution < 1.29 is 9.90 Å². The van der Waals surface area contributed by atoms with Gasteiger partial charge < -0.3 is 5.11 Å². The number of hydrogen-bond acceptors (Lipinski definition) is 2. The highest BCUT2D eigenvalue weighted by Gasteiger charge is 2.16. The van der Waals surface area contributed by atoms with Crippen molar-refractivity contribution >= 4 is 5.97 Å². The van der Waals surface area contributed by atoms with Gasteiger partial charge in [-0.05, 0) is 61.7 Å². The fourth-order valence-corrected chi connectivity index (χ4v) is 2.55. The number of rotatable bonds is 3. The van der Waals surface area contributed by atoms with E-state index in [4.69, 9.17) is 0 Å². The van der Waals surface area contributed by atoms with Gasteiger partial charge in [0.05, 0.1) is 11.4 Å². The van der Waals surface area contributed by atoms with E-state index in [1.165, 1.54) is 5.56 Å². The molecule has 0 aliphatic rings. The molecular formula is C19H18N2O2. The molecule has 2 aromatic carbocycles. The van der Waals surface area contributed by atoms with Gasteiger partial charge in [-0.2, -0.15) is 5.10 Å². The summed E-state index contributed by atoms with van der Waals surface area (Å²) in [6.45, 7) is 6.10. The number of carbonyl (C=O) groups is 1. The molecule has 4 nitrogen and oxygen atoms in total. The molecule has 116 valence electrons. The molecule has 0 unspecified atom stereocenters. The lowest BCUT2D eigenvalue weighted by Gasteiger charge is -2.10. The van der Waals surface area contributed by atoms with Crippen LogP contribution in [0.25, 0.3) is 16.9 Å². The van der Waals surface area contributed by atoms with Gasteiger partial charge in [-0.3, -0.25) is 0 Å². The Morgan fingerprint density at radius 2 is 1.78 bits per heavy atom. The zero-order valence-corrected chi connectivity index (χ0v) is 13.4. The number of carboxylic acid groups (broad SMARTS) is 1. The van der Waals surface area contributed by atoms with Crippen LogP contribution in [0, 0.1) is 20.8 Å². The first-order chi connectivity index (χ1) is 11.0. The highest BCUT2D eigenvalue weighted by atomic mass is 16.4. The van der Waals surface area contributed by atoms with Gasteiger partial charge in [0.1, 0.15) is 0 Å². The summed E-state index contributed by atoms with van der Waals surface area (Å²) < 4.78 is 1.69. The second-order valence-corrected chi connectivity index (χ2v) is 5.77. The molecule has 4 heteroatoms. The molecule has 0 saturated carbocycles. The predicted octanol–water partition coefficient (Wildman–Crippen LogP) is 4.16. The van der Waals surface area contributed by atoms with E-state index in [9.17, 15) is 9.90 Å². The summed E-state index contributed by atoms with van der Waals surface area (Å²) in [5.41, 5.74) is 6.09. The molecule has 1 N–H and O–H groups in total. The van der Waals surface area contributed by atoms with E-state index in [1.54, 1.807) is 10.7 Å². The number of aromatic nitrogens is 2. The number of aromatic carboxylic acids is 1. The van der Waals surface area contributed by atoms with Gasteiger partial charge in [-0.1, -0.05) is 24.3 Å². The minimum absolute atomic E-state index is 0.0414. The van der Waals surface area contributed by atoms with Gasteiger partial charge in [0.25, 0.3) is 0 Å². The third-order valence-electron chi connectivity index (χ3n) is 3.98. The second kappa shape index (κ2) is 5.72. The first-order valence-corrected chi connectivity index (χ1v) is 7.44. The van der Waals surface area contributed by atoms with E-state index < -0.39 is 5.97 Å². The molecule has 1 heterocycles. The summed E-state index contributed by atoms with van der Waals surface area (Å²) in [5.74, 6) is -1.03. The molecule has 0 atom stereocenters. The molecule has 1 aromatic heterocycles. The predicted molar refractivity (Wildman–Crippen MR) is 90.2 cm³/mol. The highest BCUT2D eigenvalue weighted by molar-refractivity contribution is 5.87. The molecule has 0 saturated heterocycles. The van der Waals surface area contributed by atoms with Crippen LogP contribution in [-0.4, -0.2) is 20.9 Å². The normalized spacial score (nSPS) is 10.7. The van der Waals surface area contributed by atoms with Gasteiger partial charge in [0.2, 0.25) is 0 Å². The minimum Gasteiger partial charge on any atom is -0.476 e. The Bertz CT molecular complexity index is 894. The molecule has 0 aliphatic carbocycles. The number of hydrogen-bond donors (Lipinski definition) is 1. The minimum atomic E-state index is -1.03. The van der Waals surface area contributed by atoms with Crippen molar-refractivity contribution in [1.29, 1.82) is 0 Å². The van der Waals surface area contributed by atoms with Crippen LogP contribution < -0.4 is 0 Å². The van der Waals surface area contributed by atoms with Gasteiger partial charge in [-0.25, -0.2) is 9.48 Å². The fraction of sp³-hybridized carbons (Fsp3) is 0.158. The van der Waals surface area contributed by atoms with Crippen LogP contribution in [0.15, 0.2) is 48.5 Å². The molecule has 0 radical (unpaired) electrons. The lowest BCUT2D eigenvalue weighted by Crippen LogP contribution is -2.02. The quantitative estimate of drug-likeness (QED) is 0.790. The maximum Gasteiger partial charge on any atom is 0.356 e. The molecule has 3 rings (SSSR count). The van der Waals surface area contributed by atoms with E-state index in [0.29, 0.717) is 0 Å². The third-order valence-corrected chi connectivity index (χ3v) is 3.98. The first-order valence-electron chi connectivity index (χ1n) is 7.44. The van der Waals surface area contributed by atoms with Crippen LogP contribution in [0.4, 0.5) is 0 Å². The summed E-state index contributed by atoms with van der Waals surface area (Å²) in [6, 6.07) is 15.6. The molecule has 0 bridgehead atoms. The van der Waals surface area contributed by atoms with E-state index >= 15 is 0 Å². The van der Waals surface area contributed by atoms with Gasteiger partial charge in [0, 0.05) is 5.56 Å². The standard InChI is InChI=1S/C19H18N2O2/c1-12-5-4-6-16(9-12)21-18(11-17(20-21)19(22)23)15-8-7-13(2)14(3)10-15/h4-11H,1-3H3,(H,22,23). The Morgan fingerprint density at radius 3 is 2.43 bits per heavy atom. The van der Waals surface area contributed by atoms with Crippen LogP contribution in [0.3, 0.4) is 0 Å². The largest absolute Gasteiger partial charge is 0.476 e. The topological polar surface area (TPSA) is 55.1 Å². The molecule has 0 fully saturated rings. The van der Waals surface area contributed by atoms with Crippen molar-refractivity contribution in [1.82, 2.24) is 9.78 Å². The van der Waals surface area contributed by atoms with Crippen molar-refractivity contribution in [2.75, 3.05) is 0 Å². The number of nitrogens with zero attached hydrogens (tertiary/aromatic N) is 2. The zero-order valence-electron chi connectivity index (χ0n) is 13.4. The molecule has 0 spiro atoms. The number of benzene rings is 2. The van der Waals surface area contributed by atoms with E-state index in [-0.39, 0.29) is 5.69 Å². The maximum absolute atomic E-state index is 11.3. The van der Waals surface area contributed by atoms with Crippen molar-refractivity contribution in [3.63, 3.8) is 0 Å². The fourth-order valence-electron chi connectivity index (χ4n) is 2.55. The Morgan fingerprint density at radius 1 is 1.00 bits per heavy atom. The van der Waals surface area contributed by atoms with Gasteiger partial charge in [-0.15, -0.1) is 0 Å². The van der Waals surface area contributed by atoms with E-state index in [2.05, 4.69) is 18.1 Å². The number of carboxylic acids is 1. The Hall–Kier alpha value is -2.88. The van der Waals surface area contributed by atoms with E-state index in [0.717, 1.165) is 28.1 Å².